The molecule has 0 amide bonds. The molecule has 1 aromatic rings. The number of nitrogens with zero attached hydrogens (tertiary/aromatic N) is 5. The van der Waals surface area contributed by atoms with Crippen LogP contribution in [0.2, 0.25) is 0 Å². The number of nitriles is 1. The van der Waals surface area contributed by atoms with Gasteiger partial charge in [-0.25, -0.2) is 9.97 Å². The van der Waals surface area contributed by atoms with Gasteiger partial charge in [0.25, 0.3) is 0 Å². The van der Waals surface area contributed by atoms with Crippen LogP contribution >= 0.6 is 0 Å². The third-order valence-electron chi connectivity index (χ3n) is 4.00. The smallest absolute Gasteiger partial charge is 0.158 e. The second kappa shape index (κ2) is 6.37. The maximum Gasteiger partial charge on any atom is 0.158 e. The molecule has 1 saturated carbocycles. The summed E-state index contributed by atoms with van der Waals surface area (Å²) in [6.07, 6.45) is 6.17. The minimum Gasteiger partial charge on any atom is -0.373 e. The van der Waals surface area contributed by atoms with Crippen LogP contribution in [0.15, 0.2) is 12.4 Å². The van der Waals surface area contributed by atoms with E-state index < -0.39 is 0 Å². The summed E-state index contributed by atoms with van der Waals surface area (Å²) in [7, 11) is 2.17. The summed E-state index contributed by atoms with van der Waals surface area (Å²) in [5.41, 5.74) is 0.354. The molecule has 3 rings (SSSR count). The fraction of sp³-hybridized carbons (Fsp3) is 0.667. The van der Waals surface area contributed by atoms with Gasteiger partial charge in [0.2, 0.25) is 0 Å². The summed E-state index contributed by atoms with van der Waals surface area (Å²) in [5, 5.41) is 8.77. The van der Waals surface area contributed by atoms with Crippen molar-refractivity contribution in [1.82, 2.24) is 14.9 Å². The van der Waals surface area contributed by atoms with Gasteiger partial charge in [-0.05, 0) is 25.8 Å². The van der Waals surface area contributed by atoms with Crippen molar-refractivity contribution < 1.29 is 4.74 Å². The molecular formula is C15H21N5O. The normalized spacial score (nSPS) is 22.3. The second-order valence-corrected chi connectivity index (χ2v) is 5.98. The lowest BCUT2D eigenvalue weighted by atomic mass is 10.2. The maximum absolute atomic E-state index is 8.77. The zero-order valence-corrected chi connectivity index (χ0v) is 12.4. The molecule has 1 aliphatic carbocycles. The summed E-state index contributed by atoms with van der Waals surface area (Å²) in [6, 6.07) is 1.99. The Morgan fingerprint density at radius 2 is 2.24 bits per heavy atom. The summed E-state index contributed by atoms with van der Waals surface area (Å²) >= 11 is 0. The van der Waals surface area contributed by atoms with Crippen LogP contribution in [-0.4, -0.2) is 60.8 Å². The molecular weight excluding hydrogens is 266 g/mol. The highest BCUT2D eigenvalue weighted by Crippen LogP contribution is 2.29. The topological polar surface area (TPSA) is 65.3 Å². The van der Waals surface area contributed by atoms with E-state index in [0.717, 1.165) is 31.4 Å². The van der Waals surface area contributed by atoms with Crippen LogP contribution in [0.25, 0.3) is 0 Å². The molecule has 2 heterocycles. The van der Waals surface area contributed by atoms with Gasteiger partial charge in [-0.2, -0.15) is 5.26 Å². The highest BCUT2D eigenvalue weighted by atomic mass is 16.5. The van der Waals surface area contributed by atoms with Crippen LogP contribution in [0.5, 0.6) is 0 Å². The van der Waals surface area contributed by atoms with Gasteiger partial charge in [0.1, 0.15) is 11.9 Å². The van der Waals surface area contributed by atoms with Gasteiger partial charge in [0.15, 0.2) is 5.69 Å². The number of hydrogen-bond donors (Lipinski definition) is 0. The minimum absolute atomic E-state index is 0.208. The Kier molecular flexibility index (Phi) is 4.32. The van der Waals surface area contributed by atoms with Crippen LogP contribution in [-0.2, 0) is 4.74 Å². The Balaban J connectivity index is 1.55. The van der Waals surface area contributed by atoms with E-state index in [1.54, 1.807) is 6.20 Å². The molecule has 6 nitrogen and oxygen atoms in total. The lowest BCUT2D eigenvalue weighted by molar-refractivity contribution is 0.0197. The Morgan fingerprint density at radius 3 is 2.90 bits per heavy atom. The molecule has 6 heteroatoms. The Labute approximate surface area is 125 Å². The number of rotatable bonds is 5. The third-order valence-corrected chi connectivity index (χ3v) is 4.00. The fourth-order valence-electron chi connectivity index (χ4n) is 2.74. The first-order valence-corrected chi connectivity index (χ1v) is 7.52. The summed E-state index contributed by atoms with van der Waals surface area (Å²) in [4.78, 5) is 13.0. The van der Waals surface area contributed by atoms with Gasteiger partial charge in [-0.1, -0.05) is 0 Å². The van der Waals surface area contributed by atoms with Crippen LogP contribution in [0.1, 0.15) is 18.5 Å². The number of morpholine rings is 1. The number of hydrogen-bond acceptors (Lipinski definition) is 6. The molecule has 2 aliphatic rings. The van der Waals surface area contributed by atoms with Crippen LogP contribution in [0.3, 0.4) is 0 Å². The molecule has 2 fully saturated rings. The van der Waals surface area contributed by atoms with Crippen molar-refractivity contribution in [3.63, 3.8) is 0 Å². The SMILES string of the molecule is CN(CC1CC1)C[C@@H]1CN(c2cnc(C#N)cn2)CCO1. The van der Waals surface area contributed by atoms with Crippen LogP contribution in [0.4, 0.5) is 5.82 Å². The average molecular weight is 287 g/mol. The van der Waals surface area contributed by atoms with Crippen molar-refractivity contribution in [1.29, 1.82) is 5.26 Å². The molecule has 0 unspecified atom stereocenters. The predicted molar refractivity (Wildman–Crippen MR) is 78.9 cm³/mol. The van der Waals surface area contributed by atoms with E-state index in [1.807, 2.05) is 6.07 Å². The number of aromatic nitrogens is 2. The first-order chi connectivity index (χ1) is 10.2. The zero-order chi connectivity index (χ0) is 14.7. The van der Waals surface area contributed by atoms with E-state index in [-0.39, 0.29) is 6.10 Å². The third kappa shape index (κ3) is 3.90. The second-order valence-electron chi connectivity index (χ2n) is 5.98. The van der Waals surface area contributed by atoms with Crippen molar-refractivity contribution in [3.8, 4) is 6.07 Å². The minimum atomic E-state index is 0.208. The van der Waals surface area contributed by atoms with Crippen molar-refractivity contribution in [2.75, 3.05) is 44.7 Å². The molecule has 0 N–H and O–H groups in total. The molecule has 0 bridgehead atoms. The van der Waals surface area contributed by atoms with Crippen molar-refractivity contribution in [2.45, 2.75) is 18.9 Å². The van der Waals surface area contributed by atoms with Crippen molar-refractivity contribution in [2.24, 2.45) is 5.92 Å². The lowest BCUT2D eigenvalue weighted by Crippen LogP contribution is -2.47. The predicted octanol–water partition coefficient (Wildman–Crippen LogP) is 0.895. The Hall–Kier alpha value is -1.71. The van der Waals surface area contributed by atoms with E-state index in [1.165, 1.54) is 25.6 Å². The van der Waals surface area contributed by atoms with Gasteiger partial charge in [-0.15, -0.1) is 0 Å². The van der Waals surface area contributed by atoms with Gasteiger partial charge in [-0.3, -0.25) is 0 Å². The van der Waals surface area contributed by atoms with E-state index in [9.17, 15) is 0 Å². The number of ether oxygens (including phenoxy) is 1. The molecule has 0 aromatic carbocycles. The number of anilines is 1. The molecule has 0 spiro atoms. The van der Waals surface area contributed by atoms with Gasteiger partial charge < -0.3 is 14.5 Å². The molecule has 1 aromatic heterocycles. The number of likely N-dealkylation sites (N-methyl/N-ethyl adjacent to an activating group) is 1. The molecule has 0 radical (unpaired) electrons. The average Bonchev–Trinajstić information content (AvgIpc) is 3.31. The Morgan fingerprint density at radius 1 is 1.38 bits per heavy atom. The van der Waals surface area contributed by atoms with Crippen LogP contribution < -0.4 is 4.90 Å². The van der Waals surface area contributed by atoms with E-state index in [4.69, 9.17) is 10.00 Å². The maximum atomic E-state index is 8.77. The highest BCUT2D eigenvalue weighted by molar-refractivity contribution is 5.37. The molecule has 1 saturated heterocycles. The fourth-order valence-corrected chi connectivity index (χ4v) is 2.74. The summed E-state index contributed by atoms with van der Waals surface area (Å²) in [5.74, 6) is 1.73. The molecule has 21 heavy (non-hydrogen) atoms. The summed E-state index contributed by atoms with van der Waals surface area (Å²) < 4.78 is 5.86. The van der Waals surface area contributed by atoms with Gasteiger partial charge in [0, 0.05) is 26.2 Å². The zero-order valence-electron chi connectivity index (χ0n) is 12.4. The molecule has 1 atom stereocenters. The molecule has 1 aliphatic heterocycles. The highest BCUT2D eigenvalue weighted by Gasteiger charge is 2.26. The quantitative estimate of drug-likeness (QED) is 0.801. The monoisotopic (exact) mass is 287 g/mol. The first-order valence-electron chi connectivity index (χ1n) is 7.52. The lowest BCUT2D eigenvalue weighted by Gasteiger charge is -2.35. The van der Waals surface area contributed by atoms with Crippen molar-refractivity contribution in [3.05, 3.63) is 18.1 Å². The van der Waals surface area contributed by atoms with E-state index in [0.29, 0.717) is 12.3 Å². The first kappa shape index (κ1) is 14.2. The summed E-state index contributed by atoms with van der Waals surface area (Å²) in [6.45, 7) is 4.50. The Bertz CT molecular complexity index is 508. The largest absolute Gasteiger partial charge is 0.373 e. The van der Waals surface area contributed by atoms with Crippen LogP contribution in [0, 0.1) is 17.2 Å². The standard InChI is InChI=1S/C15H21N5O/c1-19(9-12-2-3-12)10-14-11-20(4-5-21-14)15-8-17-13(6-16)7-18-15/h7-8,12,14H,2-5,9-11H2,1H3/t14-/m1/s1. The van der Waals surface area contributed by atoms with Gasteiger partial charge >= 0.3 is 0 Å². The molecule has 112 valence electrons. The van der Waals surface area contributed by atoms with Crippen molar-refractivity contribution >= 4 is 5.82 Å². The van der Waals surface area contributed by atoms with E-state index >= 15 is 0 Å². The van der Waals surface area contributed by atoms with Gasteiger partial charge in [0.05, 0.1) is 25.1 Å². The van der Waals surface area contributed by atoms with E-state index in [2.05, 4.69) is 26.8 Å².